The van der Waals surface area contributed by atoms with E-state index in [4.69, 9.17) is 4.42 Å². The zero-order valence-electron chi connectivity index (χ0n) is 6.37. The highest BCUT2D eigenvalue weighted by molar-refractivity contribution is 9.10. The zero-order valence-corrected chi connectivity index (χ0v) is 7.95. The summed E-state index contributed by atoms with van der Waals surface area (Å²) in [4.78, 5) is 0. The summed E-state index contributed by atoms with van der Waals surface area (Å²) in [6, 6.07) is 4.63. The number of halogens is 2. The van der Waals surface area contributed by atoms with Gasteiger partial charge in [0.15, 0.2) is 0 Å². The molecule has 0 radical (unpaired) electrons. The lowest BCUT2D eigenvalue weighted by molar-refractivity contribution is 0.557. The molecule has 3 nitrogen and oxygen atoms in total. The summed E-state index contributed by atoms with van der Waals surface area (Å²) in [5, 5.41) is 7.07. The van der Waals surface area contributed by atoms with Crippen LogP contribution < -0.4 is 0 Å². The quantitative estimate of drug-likeness (QED) is 0.772. The van der Waals surface area contributed by atoms with Gasteiger partial charge in [0.25, 0.3) is 0 Å². The van der Waals surface area contributed by atoms with Gasteiger partial charge in [0.2, 0.25) is 12.3 Å². The van der Waals surface area contributed by atoms with Crippen LogP contribution in [-0.2, 0) is 0 Å². The molecule has 0 N–H and O–H groups in total. The molecule has 1 heterocycles. The van der Waals surface area contributed by atoms with Gasteiger partial charge in [-0.25, -0.2) is 4.39 Å². The number of aromatic nitrogens is 2. The normalized spacial score (nSPS) is 10.3. The summed E-state index contributed by atoms with van der Waals surface area (Å²) in [5.41, 5.74) is 0.306. The lowest BCUT2D eigenvalue weighted by Crippen LogP contribution is -1.84. The first-order valence-electron chi connectivity index (χ1n) is 3.49. The van der Waals surface area contributed by atoms with E-state index in [1.807, 2.05) is 0 Å². The van der Waals surface area contributed by atoms with Crippen molar-refractivity contribution in [2.24, 2.45) is 0 Å². The fraction of sp³-hybridized carbons (Fsp3) is 0. The second-order valence-electron chi connectivity index (χ2n) is 2.37. The topological polar surface area (TPSA) is 38.9 Å². The summed E-state index contributed by atoms with van der Waals surface area (Å²) in [5.74, 6) is -0.205. The summed E-state index contributed by atoms with van der Waals surface area (Å²) in [6.07, 6.45) is 1.16. The van der Waals surface area contributed by atoms with E-state index in [1.165, 1.54) is 6.07 Å². The standard InChI is InChI=1S/C8H4BrFN2O/c9-5-1-2-6(7(10)3-5)8-12-11-4-13-8/h1-4H. The largest absolute Gasteiger partial charge is 0.423 e. The van der Waals surface area contributed by atoms with Gasteiger partial charge in [-0.05, 0) is 18.2 Å². The van der Waals surface area contributed by atoms with Gasteiger partial charge in [-0.2, -0.15) is 0 Å². The number of nitrogens with zero attached hydrogens (tertiary/aromatic N) is 2. The molecular weight excluding hydrogens is 239 g/mol. The zero-order chi connectivity index (χ0) is 9.26. The molecule has 0 amide bonds. The lowest BCUT2D eigenvalue weighted by Gasteiger charge is -1.96. The van der Waals surface area contributed by atoms with E-state index in [1.54, 1.807) is 12.1 Å². The second kappa shape index (κ2) is 3.26. The second-order valence-corrected chi connectivity index (χ2v) is 3.28. The molecule has 0 saturated carbocycles. The first kappa shape index (κ1) is 8.37. The molecule has 0 fully saturated rings. The molecule has 66 valence electrons. The first-order chi connectivity index (χ1) is 6.27. The van der Waals surface area contributed by atoms with Crippen molar-refractivity contribution in [3.8, 4) is 11.5 Å². The van der Waals surface area contributed by atoms with Crippen molar-refractivity contribution in [1.29, 1.82) is 0 Å². The van der Waals surface area contributed by atoms with Gasteiger partial charge >= 0.3 is 0 Å². The molecule has 2 aromatic rings. The lowest BCUT2D eigenvalue weighted by atomic mass is 10.2. The molecule has 13 heavy (non-hydrogen) atoms. The maximum absolute atomic E-state index is 13.3. The maximum atomic E-state index is 13.3. The van der Waals surface area contributed by atoms with E-state index in [0.717, 1.165) is 6.39 Å². The Hall–Kier alpha value is -1.23. The van der Waals surface area contributed by atoms with Gasteiger partial charge < -0.3 is 4.42 Å². The fourth-order valence-corrected chi connectivity index (χ4v) is 1.29. The van der Waals surface area contributed by atoms with E-state index >= 15 is 0 Å². The van der Waals surface area contributed by atoms with Crippen molar-refractivity contribution in [1.82, 2.24) is 10.2 Å². The van der Waals surface area contributed by atoms with Crippen LogP contribution in [0, 0.1) is 5.82 Å². The number of benzene rings is 1. The number of hydrogen-bond donors (Lipinski definition) is 0. The van der Waals surface area contributed by atoms with Crippen molar-refractivity contribution in [2.75, 3.05) is 0 Å². The van der Waals surface area contributed by atoms with Gasteiger partial charge in [0.1, 0.15) is 5.82 Å². The summed E-state index contributed by atoms with van der Waals surface area (Å²) < 4.78 is 18.8. The number of hydrogen-bond acceptors (Lipinski definition) is 3. The van der Waals surface area contributed by atoms with Gasteiger partial charge in [0, 0.05) is 4.47 Å². The van der Waals surface area contributed by atoms with Crippen LogP contribution in [0.15, 0.2) is 33.5 Å². The van der Waals surface area contributed by atoms with Crippen molar-refractivity contribution >= 4 is 15.9 Å². The van der Waals surface area contributed by atoms with Crippen molar-refractivity contribution in [3.05, 3.63) is 34.9 Å². The Morgan fingerprint density at radius 1 is 1.38 bits per heavy atom. The predicted molar refractivity (Wildman–Crippen MR) is 47.4 cm³/mol. The molecule has 1 aromatic heterocycles. The van der Waals surface area contributed by atoms with E-state index in [9.17, 15) is 4.39 Å². The molecular formula is C8H4BrFN2O. The molecule has 0 aliphatic carbocycles. The van der Waals surface area contributed by atoms with Crippen LogP contribution in [0.2, 0.25) is 0 Å². The molecule has 0 unspecified atom stereocenters. The minimum Gasteiger partial charge on any atom is -0.423 e. The first-order valence-corrected chi connectivity index (χ1v) is 4.28. The van der Waals surface area contributed by atoms with Crippen molar-refractivity contribution in [3.63, 3.8) is 0 Å². The predicted octanol–water partition coefficient (Wildman–Crippen LogP) is 2.64. The fourth-order valence-electron chi connectivity index (χ4n) is 0.953. The molecule has 0 atom stereocenters. The molecule has 1 aromatic carbocycles. The Morgan fingerprint density at radius 3 is 2.85 bits per heavy atom. The molecule has 0 saturated heterocycles. The Kier molecular flexibility index (Phi) is 2.10. The highest BCUT2D eigenvalue weighted by Crippen LogP contribution is 2.23. The average molecular weight is 243 g/mol. The molecule has 2 rings (SSSR count). The van der Waals surface area contributed by atoms with E-state index < -0.39 is 5.82 Å². The maximum Gasteiger partial charge on any atom is 0.250 e. The Labute approximate surface area is 81.7 Å². The van der Waals surface area contributed by atoms with Crippen LogP contribution in [-0.4, -0.2) is 10.2 Å². The van der Waals surface area contributed by atoms with Crippen LogP contribution in [0.5, 0.6) is 0 Å². The molecule has 0 aliphatic heterocycles. The van der Waals surface area contributed by atoms with Crippen LogP contribution in [0.3, 0.4) is 0 Å². The summed E-state index contributed by atoms with van der Waals surface area (Å²) >= 11 is 3.15. The van der Waals surface area contributed by atoms with E-state index in [0.29, 0.717) is 10.0 Å². The van der Waals surface area contributed by atoms with Crippen LogP contribution in [0.4, 0.5) is 4.39 Å². The minimum absolute atomic E-state index is 0.185. The smallest absolute Gasteiger partial charge is 0.250 e. The molecule has 0 bridgehead atoms. The van der Waals surface area contributed by atoms with Gasteiger partial charge in [-0.1, -0.05) is 15.9 Å². The average Bonchev–Trinajstić information content (AvgIpc) is 2.56. The number of rotatable bonds is 1. The minimum atomic E-state index is -0.390. The molecule has 0 aliphatic rings. The van der Waals surface area contributed by atoms with Gasteiger partial charge in [-0.15, -0.1) is 10.2 Å². The highest BCUT2D eigenvalue weighted by Gasteiger charge is 2.09. The Morgan fingerprint density at radius 2 is 2.23 bits per heavy atom. The van der Waals surface area contributed by atoms with Crippen LogP contribution >= 0.6 is 15.9 Å². The van der Waals surface area contributed by atoms with Crippen LogP contribution in [0.1, 0.15) is 0 Å². The van der Waals surface area contributed by atoms with E-state index in [-0.39, 0.29) is 5.89 Å². The molecule has 0 spiro atoms. The monoisotopic (exact) mass is 242 g/mol. The Bertz CT molecular complexity index is 416. The van der Waals surface area contributed by atoms with Gasteiger partial charge in [0.05, 0.1) is 5.56 Å². The SMILES string of the molecule is Fc1cc(Br)ccc1-c1nnco1. The van der Waals surface area contributed by atoms with E-state index in [2.05, 4.69) is 26.1 Å². The van der Waals surface area contributed by atoms with Crippen molar-refractivity contribution < 1.29 is 8.81 Å². The molecule has 5 heteroatoms. The Balaban J connectivity index is 2.53. The van der Waals surface area contributed by atoms with Crippen molar-refractivity contribution in [2.45, 2.75) is 0 Å². The third-order valence-electron chi connectivity index (χ3n) is 1.52. The third kappa shape index (κ3) is 1.60. The van der Waals surface area contributed by atoms with Crippen LogP contribution in [0.25, 0.3) is 11.5 Å². The van der Waals surface area contributed by atoms with Gasteiger partial charge in [-0.3, -0.25) is 0 Å². The summed E-state index contributed by atoms with van der Waals surface area (Å²) in [6.45, 7) is 0. The highest BCUT2D eigenvalue weighted by atomic mass is 79.9. The summed E-state index contributed by atoms with van der Waals surface area (Å²) in [7, 11) is 0. The third-order valence-corrected chi connectivity index (χ3v) is 2.01.